The van der Waals surface area contributed by atoms with E-state index in [1.165, 1.54) is 51.4 Å². The molecule has 0 N–H and O–H groups in total. The number of hydrogen-bond donors (Lipinski definition) is 0. The number of hydrogen-bond acceptors (Lipinski definition) is 1. The van der Waals surface area contributed by atoms with Gasteiger partial charge in [0.1, 0.15) is 0 Å². The summed E-state index contributed by atoms with van der Waals surface area (Å²) < 4.78 is 0. The van der Waals surface area contributed by atoms with Crippen molar-refractivity contribution in [2.45, 2.75) is 64.7 Å². The van der Waals surface area contributed by atoms with Gasteiger partial charge in [-0.25, -0.2) is 0 Å². The maximum atomic E-state index is 11.7. The van der Waals surface area contributed by atoms with E-state index in [2.05, 4.69) is 27.8 Å². The first-order valence-corrected chi connectivity index (χ1v) is 8.73. The topological polar surface area (TPSA) is 20.3 Å². The van der Waals surface area contributed by atoms with Crippen LogP contribution in [0, 0.1) is 5.92 Å². The van der Waals surface area contributed by atoms with Gasteiger partial charge in [-0.3, -0.25) is 4.79 Å². The molecule has 3 heteroatoms. The summed E-state index contributed by atoms with van der Waals surface area (Å²) in [6.45, 7) is 4.21. The molecule has 106 valence electrons. The van der Waals surface area contributed by atoms with Crippen molar-refractivity contribution in [3.8, 4) is 0 Å². The number of alkyl halides is 1. The third-order valence-electron chi connectivity index (χ3n) is 3.79. The molecule has 0 aromatic heterocycles. The first-order valence-electron chi connectivity index (χ1n) is 7.61. The SMILES string of the molecule is CCCCCCCCCCN1CC(CBr)CC1=O. The summed E-state index contributed by atoms with van der Waals surface area (Å²) in [4.78, 5) is 13.7. The van der Waals surface area contributed by atoms with Gasteiger partial charge < -0.3 is 4.90 Å². The summed E-state index contributed by atoms with van der Waals surface area (Å²) >= 11 is 3.48. The second-order valence-corrected chi connectivity index (χ2v) is 6.19. The van der Waals surface area contributed by atoms with Gasteiger partial charge in [0.25, 0.3) is 0 Å². The number of unbranched alkanes of at least 4 members (excludes halogenated alkanes) is 7. The van der Waals surface area contributed by atoms with E-state index in [0.29, 0.717) is 11.8 Å². The van der Waals surface area contributed by atoms with E-state index in [4.69, 9.17) is 0 Å². The molecule has 1 amide bonds. The second kappa shape index (κ2) is 9.82. The first-order chi connectivity index (χ1) is 8.77. The Hall–Kier alpha value is -0.0500. The average Bonchev–Trinajstić information content (AvgIpc) is 2.73. The molecule has 0 aliphatic carbocycles. The lowest BCUT2D eigenvalue weighted by Crippen LogP contribution is -2.26. The Balaban J connectivity index is 1.93. The normalized spacial score (nSPS) is 19.8. The van der Waals surface area contributed by atoms with Gasteiger partial charge in [0.2, 0.25) is 5.91 Å². The predicted octanol–water partition coefficient (Wildman–Crippen LogP) is 4.37. The van der Waals surface area contributed by atoms with Crippen LogP contribution in [0.15, 0.2) is 0 Å². The molecule has 1 atom stereocenters. The molecule has 0 aromatic rings. The highest BCUT2D eigenvalue weighted by molar-refractivity contribution is 9.09. The Morgan fingerprint density at radius 2 is 1.72 bits per heavy atom. The van der Waals surface area contributed by atoms with Crippen LogP contribution in [0.4, 0.5) is 0 Å². The van der Waals surface area contributed by atoms with Gasteiger partial charge in [0.15, 0.2) is 0 Å². The molecule has 1 fully saturated rings. The minimum Gasteiger partial charge on any atom is -0.342 e. The number of amides is 1. The highest BCUT2D eigenvalue weighted by Crippen LogP contribution is 2.20. The van der Waals surface area contributed by atoms with Gasteiger partial charge in [0.05, 0.1) is 0 Å². The van der Waals surface area contributed by atoms with Gasteiger partial charge in [-0.2, -0.15) is 0 Å². The Labute approximate surface area is 121 Å². The molecule has 1 saturated heterocycles. The molecule has 1 aliphatic heterocycles. The monoisotopic (exact) mass is 317 g/mol. The zero-order valence-corrected chi connectivity index (χ0v) is 13.4. The summed E-state index contributed by atoms with van der Waals surface area (Å²) in [6, 6.07) is 0. The van der Waals surface area contributed by atoms with Crippen molar-refractivity contribution in [2.24, 2.45) is 5.92 Å². The number of rotatable bonds is 10. The summed E-state index contributed by atoms with van der Waals surface area (Å²) in [5.41, 5.74) is 0. The van der Waals surface area contributed by atoms with Crippen molar-refractivity contribution in [1.29, 1.82) is 0 Å². The Bertz CT molecular complexity index is 233. The van der Waals surface area contributed by atoms with E-state index >= 15 is 0 Å². The standard InChI is InChI=1S/C15H28BrNO/c1-2-3-4-5-6-7-8-9-10-17-13-14(12-16)11-15(17)18/h14H,2-13H2,1H3. The molecule has 0 bridgehead atoms. The first kappa shape index (κ1) is 16.0. The molecule has 1 aliphatic rings. The minimum atomic E-state index is 0.363. The van der Waals surface area contributed by atoms with Crippen molar-refractivity contribution in [2.75, 3.05) is 18.4 Å². The van der Waals surface area contributed by atoms with Gasteiger partial charge >= 0.3 is 0 Å². The molecule has 1 unspecified atom stereocenters. The molecule has 0 saturated carbocycles. The van der Waals surface area contributed by atoms with Gasteiger partial charge in [0, 0.05) is 24.8 Å². The lowest BCUT2D eigenvalue weighted by atomic mass is 10.1. The Morgan fingerprint density at radius 1 is 1.11 bits per heavy atom. The van der Waals surface area contributed by atoms with Gasteiger partial charge in [-0.1, -0.05) is 67.8 Å². The number of likely N-dealkylation sites (tertiary alicyclic amines) is 1. The van der Waals surface area contributed by atoms with Crippen LogP contribution < -0.4 is 0 Å². The lowest BCUT2D eigenvalue weighted by molar-refractivity contribution is -0.127. The van der Waals surface area contributed by atoms with Crippen LogP contribution in [0.5, 0.6) is 0 Å². The molecule has 1 rings (SSSR count). The maximum Gasteiger partial charge on any atom is 0.222 e. The van der Waals surface area contributed by atoms with Crippen molar-refractivity contribution >= 4 is 21.8 Å². The maximum absolute atomic E-state index is 11.7. The largest absolute Gasteiger partial charge is 0.342 e. The zero-order valence-electron chi connectivity index (χ0n) is 11.8. The predicted molar refractivity (Wildman–Crippen MR) is 81.1 cm³/mol. The van der Waals surface area contributed by atoms with Crippen molar-refractivity contribution < 1.29 is 4.79 Å². The van der Waals surface area contributed by atoms with E-state index in [1.54, 1.807) is 0 Å². The van der Waals surface area contributed by atoms with Crippen LogP contribution in [-0.2, 0) is 4.79 Å². The average molecular weight is 318 g/mol. The Kier molecular flexibility index (Phi) is 8.74. The quantitative estimate of drug-likeness (QED) is 0.433. The molecule has 2 nitrogen and oxygen atoms in total. The third-order valence-corrected chi connectivity index (χ3v) is 4.71. The second-order valence-electron chi connectivity index (χ2n) is 5.54. The Morgan fingerprint density at radius 3 is 2.28 bits per heavy atom. The number of carbonyl (C=O) groups is 1. The van der Waals surface area contributed by atoms with E-state index in [-0.39, 0.29) is 0 Å². The molecule has 0 spiro atoms. The smallest absolute Gasteiger partial charge is 0.222 e. The fourth-order valence-corrected chi connectivity index (χ4v) is 3.04. The molecular formula is C15H28BrNO. The molecule has 0 radical (unpaired) electrons. The molecule has 18 heavy (non-hydrogen) atoms. The lowest BCUT2D eigenvalue weighted by Gasteiger charge is -2.15. The van der Waals surface area contributed by atoms with Crippen molar-refractivity contribution in [3.05, 3.63) is 0 Å². The summed E-state index contributed by atoms with van der Waals surface area (Å²) in [7, 11) is 0. The van der Waals surface area contributed by atoms with Crippen LogP contribution in [0.2, 0.25) is 0 Å². The van der Waals surface area contributed by atoms with E-state index in [1.807, 2.05) is 0 Å². The highest BCUT2D eigenvalue weighted by Gasteiger charge is 2.27. The number of nitrogens with zero attached hydrogens (tertiary/aromatic N) is 1. The van der Waals surface area contributed by atoms with E-state index in [9.17, 15) is 4.79 Å². The fourth-order valence-electron chi connectivity index (χ4n) is 2.61. The number of halogens is 1. The van der Waals surface area contributed by atoms with Crippen molar-refractivity contribution in [1.82, 2.24) is 4.90 Å². The number of carbonyl (C=O) groups excluding carboxylic acids is 1. The molecule has 0 aromatic carbocycles. The molecular weight excluding hydrogens is 290 g/mol. The van der Waals surface area contributed by atoms with Crippen molar-refractivity contribution in [3.63, 3.8) is 0 Å². The molecule has 1 heterocycles. The van der Waals surface area contributed by atoms with Crippen LogP contribution >= 0.6 is 15.9 Å². The van der Waals surface area contributed by atoms with E-state index in [0.717, 1.165) is 24.8 Å². The van der Waals surface area contributed by atoms with E-state index < -0.39 is 0 Å². The highest BCUT2D eigenvalue weighted by atomic mass is 79.9. The summed E-state index contributed by atoms with van der Waals surface area (Å²) in [5.74, 6) is 0.911. The van der Waals surface area contributed by atoms with Gasteiger partial charge in [-0.15, -0.1) is 0 Å². The van der Waals surface area contributed by atoms with Gasteiger partial charge in [-0.05, 0) is 12.3 Å². The summed E-state index contributed by atoms with van der Waals surface area (Å²) in [5, 5.41) is 0.965. The third kappa shape index (κ3) is 6.21. The zero-order chi connectivity index (χ0) is 13.2. The van der Waals surface area contributed by atoms with Crippen LogP contribution in [0.25, 0.3) is 0 Å². The fraction of sp³-hybridized carbons (Fsp3) is 0.933. The minimum absolute atomic E-state index is 0.363. The van der Waals surface area contributed by atoms with Crippen LogP contribution in [-0.4, -0.2) is 29.2 Å². The summed E-state index contributed by atoms with van der Waals surface area (Å²) in [6.07, 6.45) is 11.4. The van der Waals surface area contributed by atoms with Crippen LogP contribution in [0.3, 0.4) is 0 Å². The van der Waals surface area contributed by atoms with Crippen LogP contribution in [0.1, 0.15) is 64.7 Å².